The van der Waals surface area contributed by atoms with Gasteiger partial charge < -0.3 is 19.8 Å². The number of imidazole rings is 1. The van der Waals surface area contributed by atoms with Crippen LogP contribution in [0, 0.1) is 11.3 Å². The maximum absolute atomic E-state index is 8.95. The predicted molar refractivity (Wildman–Crippen MR) is 93.6 cm³/mol. The zero-order valence-corrected chi connectivity index (χ0v) is 13.9. The topological polar surface area (TPSA) is 86.1 Å². The molecule has 1 atom stereocenters. The number of aromatic nitrogens is 2. The second-order valence-electron chi connectivity index (χ2n) is 6.14. The second kappa shape index (κ2) is 6.11. The Labute approximate surface area is 145 Å². The van der Waals surface area contributed by atoms with E-state index in [4.69, 9.17) is 25.5 Å². The van der Waals surface area contributed by atoms with Crippen molar-refractivity contribution in [1.29, 1.82) is 5.26 Å². The molecule has 1 aromatic heterocycles. The van der Waals surface area contributed by atoms with Crippen LogP contribution in [-0.2, 0) is 6.54 Å². The molecule has 0 spiro atoms. The lowest BCUT2D eigenvalue weighted by Crippen LogP contribution is -2.15. The number of fused-ring (bicyclic) bond motifs is 2. The summed E-state index contributed by atoms with van der Waals surface area (Å²) >= 11 is 0. The van der Waals surface area contributed by atoms with Crippen molar-refractivity contribution >= 4 is 11.0 Å². The highest BCUT2D eigenvalue weighted by Crippen LogP contribution is 2.35. The standard InChI is InChI=1S/C19H18N4O2/c1-12(21)19-22-15-8-17-18(25-7-6-24-17)9-16(15)23(19)11-14-4-2-13(10-20)3-5-14/h2-5,8-9,12H,6-7,11,21H2,1H3. The summed E-state index contributed by atoms with van der Waals surface area (Å²) in [5.41, 5.74) is 9.66. The molecule has 4 rings (SSSR count). The molecular formula is C19H18N4O2. The molecule has 1 unspecified atom stereocenters. The SMILES string of the molecule is CC(N)c1nc2cc3c(cc2n1Cc1ccc(C#N)cc1)OCCO3. The van der Waals surface area contributed by atoms with Gasteiger partial charge in [-0.15, -0.1) is 0 Å². The van der Waals surface area contributed by atoms with Crippen LogP contribution in [-0.4, -0.2) is 22.8 Å². The van der Waals surface area contributed by atoms with E-state index in [0.717, 1.165) is 33.9 Å². The molecule has 0 saturated heterocycles. The van der Waals surface area contributed by atoms with Crippen molar-refractivity contribution < 1.29 is 9.47 Å². The second-order valence-corrected chi connectivity index (χ2v) is 6.14. The predicted octanol–water partition coefficient (Wildman–Crippen LogP) is 2.75. The number of nitriles is 1. The summed E-state index contributed by atoms with van der Waals surface area (Å²) in [4.78, 5) is 4.70. The van der Waals surface area contributed by atoms with Crippen LogP contribution in [0.4, 0.5) is 0 Å². The van der Waals surface area contributed by atoms with Gasteiger partial charge in [-0.2, -0.15) is 5.26 Å². The number of hydrogen-bond donors (Lipinski definition) is 1. The first-order valence-corrected chi connectivity index (χ1v) is 8.20. The van der Waals surface area contributed by atoms with Gasteiger partial charge >= 0.3 is 0 Å². The van der Waals surface area contributed by atoms with Gasteiger partial charge in [-0.1, -0.05) is 12.1 Å². The zero-order chi connectivity index (χ0) is 17.4. The van der Waals surface area contributed by atoms with Gasteiger partial charge in [-0.05, 0) is 24.6 Å². The fourth-order valence-electron chi connectivity index (χ4n) is 3.06. The average molecular weight is 334 g/mol. The quantitative estimate of drug-likeness (QED) is 0.796. The summed E-state index contributed by atoms with van der Waals surface area (Å²) in [6.45, 7) is 3.63. The molecule has 2 heterocycles. The Balaban J connectivity index is 1.82. The molecule has 6 heteroatoms. The minimum atomic E-state index is -0.204. The fraction of sp³-hybridized carbons (Fsp3) is 0.263. The van der Waals surface area contributed by atoms with E-state index in [1.54, 1.807) is 0 Å². The summed E-state index contributed by atoms with van der Waals surface area (Å²) in [5, 5.41) is 8.95. The Hall–Kier alpha value is -3.04. The normalized spacial score (nSPS) is 14.3. The highest BCUT2D eigenvalue weighted by atomic mass is 16.6. The zero-order valence-electron chi connectivity index (χ0n) is 13.9. The molecule has 0 saturated carbocycles. The van der Waals surface area contributed by atoms with Crippen molar-refractivity contribution in [2.24, 2.45) is 5.73 Å². The van der Waals surface area contributed by atoms with Crippen LogP contribution in [0.3, 0.4) is 0 Å². The van der Waals surface area contributed by atoms with Gasteiger partial charge in [0, 0.05) is 18.7 Å². The van der Waals surface area contributed by atoms with E-state index in [1.165, 1.54) is 0 Å². The number of ether oxygens (including phenoxy) is 2. The Bertz CT molecular complexity index is 968. The molecule has 6 nitrogen and oxygen atoms in total. The number of hydrogen-bond acceptors (Lipinski definition) is 5. The summed E-state index contributed by atoms with van der Waals surface area (Å²) < 4.78 is 13.4. The number of rotatable bonds is 3. The molecule has 0 fully saturated rings. The highest BCUT2D eigenvalue weighted by Gasteiger charge is 2.19. The van der Waals surface area contributed by atoms with Crippen LogP contribution in [0.15, 0.2) is 36.4 Å². The lowest BCUT2D eigenvalue weighted by Gasteiger charge is -2.18. The summed E-state index contributed by atoms with van der Waals surface area (Å²) in [6, 6.07) is 13.3. The molecular weight excluding hydrogens is 316 g/mol. The minimum absolute atomic E-state index is 0.204. The number of nitrogens with two attached hydrogens (primary N) is 1. The van der Waals surface area contributed by atoms with Crippen LogP contribution in [0.5, 0.6) is 11.5 Å². The van der Waals surface area contributed by atoms with Crippen LogP contribution in [0.1, 0.15) is 29.9 Å². The smallest absolute Gasteiger partial charge is 0.163 e. The van der Waals surface area contributed by atoms with Gasteiger partial charge in [0.05, 0.1) is 28.7 Å². The Morgan fingerprint density at radius 1 is 1.20 bits per heavy atom. The lowest BCUT2D eigenvalue weighted by atomic mass is 10.1. The molecule has 2 aromatic carbocycles. The van der Waals surface area contributed by atoms with Crippen LogP contribution in [0.2, 0.25) is 0 Å². The van der Waals surface area contributed by atoms with Gasteiger partial charge in [0.15, 0.2) is 11.5 Å². The van der Waals surface area contributed by atoms with Crippen LogP contribution >= 0.6 is 0 Å². The van der Waals surface area contributed by atoms with Gasteiger partial charge in [-0.3, -0.25) is 0 Å². The third-order valence-electron chi connectivity index (χ3n) is 4.27. The minimum Gasteiger partial charge on any atom is -0.486 e. The van der Waals surface area contributed by atoms with Crippen LogP contribution < -0.4 is 15.2 Å². The molecule has 3 aromatic rings. The third-order valence-corrected chi connectivity index (χ3v) is 4.27. The van der Waals surface area contributed by atoms with E-state index < -0.39 is 0 Å². The van der Waals surface area contributed by atoms with E-state index in [2.05, 4.69) is 10.6 Å². The highest BCUT2D eigenvalue weighted by molar-refractivity contribution is 5.81. The largest absolute Gasteiger partial charge is 0.486 e. The maximum atomic E-state index is 8.95. The molecule has 0 bridgehead atoms. The van der Waals surface area contributed by atoms with E-state index in [9.17, 15) is 0 Å². The van der Waals surface area contributed by atoms with Gasteiger partial charge in [0.1, 0.15) is 19.0 Å². The monoisotopic (exact) mass is 334 g/mol. The van der Waals surface area contributed by atoms with E-state index in [1.807, 2.05) is 43.3 Å². The summed E-state index contributed by atoms with van der Waals surface area (Å²) in [6.07, 6.45) is 0. The van der Waals surface area contributed by atoms with Crippen LogP contribution in [0.25, 0.3) is 11.0 Å². The molecule has 0 amide bonds. The van der Waals surface area contributed by atoms with Crippen molar-refractivity contribution in [1.82, 2.24) is 9.55 Å². The first-order chi connectivity index (χ1) is 12.2. The lowest BCUT2D eigenvalue weighted by molar-refractivity contribution is 0.172. The first-order valence-electron chi connectivity index (χ1n) is 8.20. The van der Waals surface area contributed by atoms with Gasteiger partial charge in [0.25, 0.3) is 0 Å². The Kier molecular flexibility index (Phi) is 3.79. The fourth-order valence-corrected chi connectivity index (χ4v) is 3.06. The average Bonchev–Trinajstić information content (AvgIpc) is 2.98. The Morgan fingerprint density at radius 3 is 2.52 bits per heavy atom. The summed E-state index contributed by atoms with van der Waals surface area (Å²) in [7, 11) is 0. The molecule has 0 radical (unpaired) electrons. The molecule has 0 aliphatic carbocycles. The molecule has 1 aliphatic heterocycles. The van der Waals surface area contributed by atoms with Crippen molar-refractivity contribution in [2.45, 2.75) is 19.5 Å². The number of benzene rings is 2. The molecule has 1 aliphatic rings. The molecule has 126 valence electrons. The van der Waals surface area contributed by atoms with Crippen molar-refractivity contribution in [3.05, 3.63) is 53.3 Å². The van der Waals surface area contributed by atoms with E-state index in [0.29, 0.717) is 25.3 Å². The molecule has 25 heavy (non-hydrogen) atoms. The van der Waals surface area contributed by atoms with Crippen molar-refractivity contribution in [3.63, 3.8) is 0 Å². The van der Waals surface area contributed by atoms with E-state index in [-0.39, 0.29) is 6.04 Å². The van der Waals surface area contributed by atoms with E-state index >= 15 is 0 Å². The van der Waals surface area contributed by atoms with Gasteiger partial charge in [0.2, 0.25) is 0 Å². The van der Waals surface area contributed by atoms with Gasteiger partial charge in [-0.25, -0.2) is 4.98 Å². The Morgan fingerprint density at radius 2 is 1.88 bits per heavy atom. The van der Waals surface area contributed by atoms with Crippen molar-refractivity contribution in [2.75, 3.05) is 13.2 Å². The maximum Gasteiger partial charge on any atom is 0.163 e. The third kappa shape index (κ3) is 2.79. The number of nitrogens with zero attached hydrogens (tertiary/aromatic N) is 3. The summed E-state index contributed by atoms with van der Waals surface area (Å²) in [5.74, 6) is 2.26. The first kappa shape index (κ1) is 15.5. The molecule has 2 N–H and O–H groups in total. The van der Waals surface area contributed by atoms with Crippen molar-refractivity contribution in [3.8, 4) is 17.6 Å².